The van der Waals surface area contributed by atoms with E-state index in [0.29, 0.717) is 0 Å². The van der Waals surface area contributed by atoms with E-state index in [9.17, 15) is 19.7 Å². The van der Waals surface area contributed by atoms with Gasteiger partial charge in [0.15, 0.2) is 0 Å². The zero-order chi connectivity index (χ0) is 13.0. The second-order valence-corrected chi connectivity index (χ2v) is 3.45. The lowest BCUT2D eigenvalue weighted by Crippen LogP contribution is -2.33. The van der Waals surface area contributed by atoms with Crippen molar-refractivity contribution < 1.29 is 14.5 Å². The number of carbonyl (C=O) groups excluding carboxylic acids is 2. The number of amides is 2. The minimum atomic E-state index is -0.818. The molecular weight excluding hydrogens is 250 g/mol. The highest BCUT2D eigenvalue weighted by Gasteiger charge is 2.23. The Morgan fingerprint density at radius 2 is 2.12 bits per heavy atom. The minimum absolute atomic E-state index is 0.0684. The fourth-order valence-corrected chi connectivity index (χ4v) is 1.40. The van der Waals surface area contributed by atoms with Gasteiger partial charge in [0, 0.05) is 6.07 Å². The van der Waals surface area contributed by atoms with Gasteiger partial charge in [0.25, 0.3) is 11.6 Å². The van der Waals surface area contributed by atoms with Crippen LogP contribution in [0.2, 0.25) is 5.02 Å². The third-order valence-corrected chi connectivity index (χ3v) is 2.15. The lowest BCUT2D eigenvalue weighted by molar-refractivity contribution is -0.385. The number of nitrogens with one attached hydrogen (secondary N) is 1. The van der Waals surface area contributed by atoms with Crippen molar-refractivity contribution in [2.45, 2.75) is 0 Å². The molecule has 0 heterocycles. The van der Waals surface area contributed by atoms with Crippen LogP contribution in [0.25, 0.3) is 0 Å². The van der Waals surface area contributed by atoms with Crippen LogP contribution in [-0.2, 0) is 4.79 Å². The highest BCUT2D eigenvalue weighted by Crippen LogP contribution is 2.25. The number of hydrogen-bond acceptors (Lipinski definition) is 4. The molecule has 0 atom stereocenters. The van der Waals surface area contributed by atoms with Gasteiger partial charge in [-0.05, 0) is 6.07 Å². The van der Waals surface area contributed by atoms with Crippen molar-refractivity contribution in [3.63, 3.8) is 0 Å². The predicted molar refractivity (Wildman–Crippen MR) is 59.6 cm³/mol. The van der Waals surface area contributed by atoms with Crippen molar-refractivity contribution in [2.24, 2.45) is 5.73 Å². The Bertz CT molecular complexity index is 489. The highest BCUT2D eigenvalue weighted by atomic mass is 35.5. The van der Waals surface area contributed by atoms with Gasteiger partial charge in [-0.1, -0.05) is 17.7 Å². The van der Waals surface area contributed by atoms with Crippen molar-refractivity contribution in [2.75, 3.05) is 6.54 Å². The number of nitro benzene ring substituents is 1. The minimum Gasteiger partial charge on any atom is -0.368 e. The van der Waals surface area contributed by atoms with Gasteiger partial charge in [-0.2, -0.15) is 0 Å². The first kappa shape index (κ1) is 12.9. The van der Waals surface area contributed by atoms with E-state index in [0.717, 1.165) is 6.07 Å². The summed E-state index contributed by atoms with van der Waals surface area (Å²) in [5.74, 6) is -1.57. The molecule has 0 aliphatic heterocycles. The Labute approximate surface area is 101 Å². The molecule has 0 radical (unpaired) electrons. The number of halogens is 1. The Morgan fingerprint density at radius 3 is 2.65 bits per heavy atom. The van der Waals surface area contributed by atoms with Crippen LogP contribution >= 0.6 is 11.6 Å². The molecule has 0 saturated heterocycles. The Hall–Kier alpha value is -2.15. The molecule has 3 N–H and O–H groups in total. The summed E-state index contributed by atoms with van der Waals surface area (Å²) in [5, 5.41) is 12.8. The van der Waals surface area contributed by atoms with E-state index >= 15 is 0 Å². The summed E-state index contributed by atoms with van der Waals surface area (Å²) in [7, 11) is 0. The molecular formula is C9H8ClN3O4. The molecule has 17 heavy (non-hydrogen) atoms. The topological polar surface area (TPSA) is 115 Å². The first-order valence-electron chi connectivity index (χ1n) is 4.43. The normalized spacial score (nSPS) is 9.71. The van der Waals surface area contributed by atoms with Crippen LogP contribution in [0.4, 0.5) is 5.69 Å². The molecule has 1 aromatic rings. The Morgan fingerprint density at radius 1 is 1.47 bits per heavy atom. The maximum Gasteiger partial charge on any atom is 0.283 e. The van der Waals surface area contributed by atoms with Crippen LogP contribution in [0.1, 0.15) is 10.4 Å². The number of rotatable bonds is 4. The first-order chi connectivity index (χ1) is 7.93. The van der Waals surface area contributed by atoms with E-state index in [4.69, 9.17) is 17.3 Å². The molecule has 0 aromatic heterocycles. The molecule has 0 fully saturated rings. The van der Waals surface area contributed by atoms with Crippen molar-refractivity contribution in [3.8, 4) is 0 Å². The zero-order valence-electron chi connectivity index (χ0n) is 8.47. The maximum atomic E-state index is 11.6. The summed E-state index contributed by atoms with van der Waals surface area (Å²) in [6, 6.07) is 3.84. The van der Waals surface area contributed by atoms with Gasteiger partial charge >= 0.3 is 0 Å². The molecule has 0 bridgehead atoms. The van der Waals surface area contributed by atoms with Crippen LogP contribution < -0.4 is 11.1 Å². The molecule has 2 amide bonds. The number of nitrogens with two attached hydrogens (primary N) is 1. The Balaban J connectivity index is 3.07. The van der Waals surface area contributed by atoms with Gasteiger partial charge in [-0.25, -0.2) is 0 Å². The van der Waals surface area contributed by atoms with E-state index in [1.807, 2.05) is 0 Å². The number of benzene rings is 1. The quantitative estimate of drug-likeness (QED) is 0.602. The summed E-state index contributed by atoms with van der Waals surface area (Å²) in [5.41, 5.74) is 4.11. The van der Waals surface area contributed by atoms with E-state index in [2.05, 4.69) is 5.32 Å². The average molecular weight is 258 g/mol. The summed E-state index contributed by atoms with van der Waals surface area (Å²) in [6.45, 7) is -0.415. The largest absolute Gasteiger partial charge is 0.368 e. The molecule has 90 valence electrons. The van der Waals surface area contributed by atoms with E-state index in [1.165, 1.54) is 12.1 Å². The molecule has 0 unspecified atom stereocenters. The molecule has 0 spiro atoms. The van der Waals surface area contributed by atoms with E-state index in [-0.39, 0.29) is 10.6 Å². The fourth-order valence-electron chi connectivity index (χ4n) is 1.15. The van der Waals surface area contributed by atoms with Crippen LogP contribution in [0.15, 0.2) is 18.2 Å². The second-order valence-electron chi connectivity index (χ2n) is 3.04. The molecule has 1 aromatic carbocycles. The second kappa shape index (κ2) is 5.26. The van der Waals surface area contributed by atoms with Gasteiger partial charge in [-0.15, -0.1) is 0 Å². The van der Waals surface area contributed by atoms with Gasteiger partial charge in [0.1, 0.15) is 5.56 Å². The van der Waals surface area contributed by atoms with E-state index in [1.54, 1.807) is 0 Å². The average Bonchev–Trinajstić information content (AvgIpc) is 2.25. The smallest absolute Gasteiger partial charge is 0.283 e. The van der Waals surface area contributed by atoms with Crippen LogP contribution in [0, 0.1) is 10.1 Å². The number of hydrogen-bond donors (Lipinski definition) is 2. The van der Waals surface area contributed by atoms with Gasteiger partial charge < -0.3 is 11.1 Å². The molecule has 8 heteroatoms. The fraction of sp³-hybridized carbons (Fsp3) is 0.111. The van der Waals surface area contributed by atoms with Gasteiger partial charge in [0.2, 0.25) is 5.91 Å². The monoisotopic (exact) mass is 257 g/mol. The van der Waals surface area contributed by atoms with Crippen molar-refractivity contribution >= 4 is 29.1 Å². The standard InChI is InChI=1S/C9H8ClN3O4/c10-5-2-1-3-6(13(16)17)8(5)9(15)12-4-7(11)14/h1-3H,4H2,(H2,11,14)(H,12,15). The highest BCUT2D eigenvalue weighted by molar-refractivity contribution is 6.34. The van der Waals surface area contributed by atoms with Gasteiger partial charge in [-0.3, -0.25) is 19.7 Å². The summed E-state index contributed by atoms with van der Waals surface area (Å²) >= 11 is 5.70. The van der Waals surface area contributed by atoms with Crippen LogP contribution in [0.3, 0.4) is 0 Å². The lowest BCUT2D eigenvalue weighted by atomic mass is 10.1. The van der Waals surface area contributed by atoms with Crippen LogP contribution in [0.5, 0.6) is 0 Å². The lowest BCUT2D eigenvalue weighted by Gasteiger charge is -2.05. The Kier molecular flexibility index (Phi) is 4.00. The molecule has 0 saturated carbocycles. The summed E-state index contributed by atoms with van der Waals surface area (Å²) in [6.07, 6.45) is 0. The van der Waals surface area contributed by atoms with Crippen molar-refractivity contribution in [3.05, 3.63) is 38.9 Å². The van der Waals surface area contributed by atoms with E-state index < -0.39 is 29.0 Å². The third kappa shape index (κ3) is 3.15. The molecule has 0 aliphatic carbocycles. The zero-order valence-corrected chi connectivity index (χ0v) is 9.23. The first-order valence-corrected chi connectivity index (χ1v) is 4.80. The van der Waals surface area contributed by atoms with Crippen LogP contribution in [-0.4, -0.2) is 23.3 Å². The predicted octanol–water partition coefficient (Wildman–Crippen LogP) is 0.463. The number of nitrogens with zero attached hydrogens (tertiary/aromatic N) is 1. The van der Waals surface area contributed by atoms with Crippen molar-refractivity contribution in [1.29, 1.82) is 0 Å². The number of carbonyl (C=O) groups is 2. The van der Waals surface area contributed by atoms with Crippen molar-refractivity contribution in [1.82, 2.24) is 5.32 Å². The SMILES string of the molecule is NC(=O)CNC(=O)c1c(Cl)cccc1[N+](=O)[O-]. The summed E-state index contributed by atoms with van der Waals surface area (Å²) < 4.78 is 0. The number of primary amides is 1. The molecule has 7 nitrogen and oxygen atoms in total. The molecule has 1 rings (SSSR count). The number of nitro groups is 1. The third-order valence-electron chi connectivity index (χ3n) is 1.84. The van der Waals surface area contributed by atoms with Gasteiger partial charge in [0.05, 0.1) is 16.5 Å². The maximum absolute atomic E-state index is 11.6. The molecule has 0 aliphatic rings. The summed E-state index contributed by atoms with van der Waals surface area (Å²) in [4.78, 5) is 32.0.